The molecule has 0 spiro atoms. The van der Waals surface area contributed by atoms with Crippen LogP contribution in [-0.2, 0) is 11.3 Å². The minimum absolute atomic E-state index is 0.115. The van der Waals surface area contributed by atoms with Crippen LogP contribution in [0.25, 0.3) is 22.1 Å². The van der Waals surface area contributed by atoms with E-state index < -0.39 is 17.4 Å². The van der Waals surface area contributed by atoms with Gasteiger partial charge in [-0.15, -0.1) is 0 Å². The smallest absolute Gasteiger partial charge is 0.423 e. The van der Waals surface area contributed by atoms with Crippen LogP contribution in [0, 0.1) is 0 Å². The van der Waals surface area contributed by atoms with Crippen LogP contribution in [-0.4, -0.2) is 25.8 Å². The number of fused-ring (bicyclic) bond motifs is 2. The standard InChI is InChI=1S/C20H19N3O4/c1-20(2,3)27-19(25)23-15-10-6-5-9-14(15)22(18(23)24)12-17-21-13-8-4-7-11-16(13)26-17/h4-11H,12H2,1-3H3. The summed E-state index contributed by atoms with van der Waals surface area (Å²) in [5, 5.41) is 0. The molecule has 0 unspecified atom stereocenters. The molecule has 0 aliphatic heterocycles. The monoisotopic (exact) mass is 365 g/mol. The Morgan fingerprint density at radius 3 is 2.44 bits per heavy atom. The molecule has 4 aromatic rings. The van der Waals surface area contributed by atoms with E-state index in [9.17, 15) is 9.59 Å². The molecule has 0 aliphatic rings. The third kappa shape index (κ3) is 3.12. The highest BCUT2D eigenvalue weighted by molar-refractivity contribution is 5.87. The molecule has 0 aliphatic carbocycles. The van der Waals surface area contributed by atoms with E-state index in [1.54, 1.807) is 39.0 Å². The van der Waals surface area contributed by atoms with E-state index in [1.165, 1.54) is 4.57 Å². The maximum atomic E-state index is 13.0. The molecule has 4 rings (SSSR count). The number of hydrogen-bond acceptors (Lipinski definition) is 5. The number of carbonyl (C=O) groups excluding carboxylic acids is 1. The summed E-state index contributed by atoms with van der Waals surface area (Å²) < 4.78 is 13.6. The van der Waals surface area contributed by atoms with E-state index in [-0.39, 0.29) is 6.54 Å². The fourth-order valence-electron chi connectivity index (χ4n) is 2.97. The molecular weight excluding hydrogens is 346 g/mol. The lowest BCUT2D eigenvalue weighted by atomic mass is 10.2. The van der Waals surface area contributed by atoms with Gasteiger partial charge in [-0.2, -0.15) is 4.57 Å². The molecule has 0 N–H and O–H groups in total. The fraction of sp³-hybridized carbons (Fsp3) is 0.250. The maximum absolute atomic E-state index is 13.0. The van der Waals surface area contributed by atoms with Crippen LogP contribution in [0.15, 0.2) is 57.7 Å². The van der Waals surface area contributed by atoms with Crippen molar-refractivity contribution in [2.24, 2.45) is 0 Å². The number of nitrogens with zero attached hydrogens (tertiary/aromatic N) is 3. The molecule has 2 heterocycles. The number of para-hydroxylation sites is 4. The number of oxazole rings is 1. The minimum Gasteiger partial charge on any atom is -0.443 e. The van der Waals surface area contributed by atoms with Gasteiger partial charge in [-0.3, -0.25) is 4.57 Å². The van der Waals surface area contributed by atoms with Crippen molar-refractivity contribution in [3.63, 3.8) is 0 Å². The van der Waals surface area contributed by atoms with Crippen LogP contribution in [0.3, 0.4) is 0 Å². The van der Waals surface area contributed by atoms with Crippen LogP contribution in [0.4, 0.5) is 4.79 Å². The first kappa shape index (κ1) is 17.1. The average Bonchev–Trinajstić information content (AvgIpc) is 3.12. The first-order valence-electron chi connectivity index (χ1n) is 8.61. The molecule has 0 fully saturated rings. The van der Waals surface area contributed by atoms with Gasteiger partial charge in [0.1, 0.15) is 17.7 Å². The Kier molecular flexibility index (Phi) is 3.87. The van der Waals surface area contributed by atoms with Crippen molar-refractivity contribution >= 4 is 28.2 Å². The highest BCUT2D eigenvalue weighted by atomic mass is 16.6. The Morgan fingerprint density at radius 2 is 1.74 bits per heavy atom. The van der Waals surface area contributed by atoms with Gasteiger partial charge in [-0.1, -0.05) is 24.3 Å². The van der Waals surface area contributed by atoms with Crippen molar-refractivity contribution in [2.45, 2.75) is 32.9 Å². The third-order valence-electron chi connectivity index (χ3n) is 4.04. The number of imidazole rings is 1. The van der Waals surface area contributed by atoms with Crippen molar-refractivity contribution in [2.75, 3.05) is 0 Å². The molecule has 0 radical (unpaired) electrons. The summed E-state index contributed by atoms with van der Waals surface area (Å²) >= 11 is 0. The lowest BCUT2D eigenvalue weighted by molar-refractivity contribution is 0.0537. The largest absolute Gasteiger partial charge is 0.443 e. The summed E-state index contributed by atoms with van der Waals surface area (Å²) in [6.07, 6.45) is -0.708. The number of benzene rings is 2. The van der Waals surface area contributed by atoms with Crippen LogP contribution >= 0.6 is 0 Å². The second kappa shape index (κ2) is 6.12. The maximum Gasteiger partial charge on any atom is 0.423 e. The summed E-state index contributed by atoms with van der Waals surface area (Å²) in [4.78, 5) is 30.0. The lowest BCUT2D eigenvalue weighted by Gasteiger charge is -2.19. The van der Waals surface area contributed by atoms with Gasteiger partial charge in [-0.05, 0) is 45.0 Å². The zero-order valence-electron chi connectivity index (χ0n) is 15.3. The minimum atomic E-state index is -0.708. The molecule has 7 heteroatoms. The fourth-order valence-corrected chi connectivity index (χ4v) is 2.97. The molecule has 0 saturated heterocycles. The van der Waals surface area contributed by atoms with E-state index in [4.69, 9.17) is 9.15 Å². The van der Waals surface area contributed by atoms with Gasteiger partial charge in [0.05, 0.1) is 11.0 Å². The molecule has 0 atom stereocenters. The normalized spacial score (nSPS) is 12.0. The number of aromatic nitrogens is 3. The summed E-state index contributed by atoms with van der Waals surface area (Å²) in [5.41, 5.74) is 1.25. The van der Waals surface area contributed by atoms with Gasteiger partial charge in [0.15, 0.2) is 5.58 Å². The molecule has 27 heavy (non-hydrogen) atoms. The zero-order chi connectivity index (χ0) is 19.2. The third-order valence-corrected chi connectivity index (χ3v) is 4.04. The number of rotatable bonds is 2. The van der Waals surface area contributed by atoms with Crippen molar-refractivity contribution in [1.82, 2.24) is 14.1 Å². The summed E-state index contributed by atoms with van der Waals surface area (Å²) in [6.45, 7) is 5.39. The average molecular weight is 365 g/mol. The Balaban J connectivity index is 1.82. The predicted octanol–water partition coefficient (Wildman–Crippen LogP) is 3.78. The number of carbonyl (C=O) groups is 1. The van der Waals surface area contributed by atoms with Crippen molar-refractivity contribution < 1.29 is 13.9 Å². The van der Waals surface area contributed by atoms with Crippen molar-refractivity contribution in [1.29, 1.82) is 0 Å². The molecule has 0 saturated carbocycles. The first-order chi connectivity index (χ1) is 12.8. The van der Waals surface area contributed by atoms with Crippen LogP contribution in [0.5, 0.6) is 0 Å². The topological polar surface area (TPSA) is 79.3 Å². The summed E-state index contributed by atoms with van der Waals surface area (Å²) in [7, 11) is 0. The Morgan fingerprint density at radius 1 is 1.07 bits per heavy atom. The summed E-state index contributed by atoms with van der Waals surface area (Å²) in [5.74, 6) is 0.394. The molecule has 2 aromatic carbocycles. The Labute approximate surface area is 154 Å². The van der Waals surface area contributed by atoms with Gasteiger partial charge < -0.3 is 9.15 Å². The van der Waals surface area contributed by atoms with Crippen LogP contribution in [0.1, 0.15) is 26.7 Å². The molecule has 7 nitrogen and oxygen atoms in total. The predicted molar refractivity (Wildman–Crippen MR) is 101 cm³/mol. The van der Waals surface area contributed by atoms with E-state index in [2.05, 4.69) is 4.98 Å². The van der Waals surface area contributed by atoms with Gasteiger partial charge in [0.25, 0.3) is 0 Å². The molecule has 138 valence electrons. The zero-order valence-corrected chi connectivity index (χ0v) is 15.3. The van der Waals surface area contributed by atoms with Gasteiger partial charge >= 0.3 is 11.8 Å². The quantitative estimate of drug-likeness (QED) is 0.540. The highest BCUT2D eigenvalue weighted by Crippen LogP contribution is 2.19. The van der Waals surface area contributed by atoms with E-state index >= 15 is 0 Å². The molecule has 0 amide bonds. The highest BCUT2D eigenvalue weighted by Gasteiger charge is 2.24. The molecular formula is C20H19N3O4. The Bertz CT molecular complexity index is 1170. The second-order valence-electron chi connectivity index (χ2n) is 7.25. The van der Waals surface area contributed by atoms with Crippen LogP contribution in [0.2, 0.25) is 0 Å². The molecule has 0 bridgehead atoms. The number of ether oxygens (including phenoxy) is 1. The molecule has 2 aromatic heterocycles. The van der Waals surface area contributed by atoms with E-state index in [1.807, 2.05) is 30.3 Å². The van der Waals surface area contributed by atoms with Crippen molar-refractivity contribution in [3.05, 3.63) is 64.9 Å². The Hall–Kier alpha value is -3.35. The first-order valence-corrected chi connectivity index (χ1v) is 8.61. The SMILES string of the molecule is CC(C)(C)OC(=O)n1c(=O)n(Cc2nc3ccccc3o2)c2ccccc21. The van der Waals surface area contributed by atoms with Crippen LogP contribution < -0.4 is 5.69 Å². The van der Waals surface area contributed by atoms with E-state index in [0.717, 1.165) is 10.1 Å². The van der Waals surface area contributed by atoms with Crippen molar-refractivity contribution in [3.8, 4) is 0 Å². The van der Waals surface area contributed by atoms with Gasteiger partial charge in [0, 0.05) is 0 Å². The lowest BCUT2D eigenvalue weighted by Crippen LogP contribution is -2.34. The van der Waals surface area contributed by atoms with E-state index in [0.29, 0.717) is 22.5 Å². The van der Waals surface area contributed by atoms with Gasteiger partial charge in [-0.25, -0.2) is 14.6 Å². The number of hydrogen-bond donors (Lipinski definition) is 0. The second-order valence-corrected chi connectivity index (χ2v) is 7.25. The van der Waals surface area contributed by atoms with Gasteiger partial charge in [0.2, 0.25) is 5.89 Å². The summed E-state index contributed by atoms with van der Waals surface area (Å²) in [6, 6.07) is 14.5.